The molecule has 1 saturated carbocycles. The van der Waals surface area contributed by atoms with Crippen LogP contribution in [0.25, 0.3) is 0 Å². The zero-order valence-electron chi connectivity index (χ0n) is 10.2. The van der Waals surface area contributed by atoms with Crippen molar-refractivity contribution < 1.29 is 0 Å². The molecule has 1 fully saturated rings. The molecule has 0 spiro atoms. The van der Waals surface area contributed by atoms with Crippen molar-refractivity contribution in [2.75, 3.05) is 11.9 Å². The Kier molecular flexibility index (Phi) is 2.61. The van der Waals surface area contributed by atoms with Gasteiger partial charge in [-0.2, -0.15) is 0 Å². The fourth-order valence-electron chi connectivity index (χ4n) is 2.44. The van der Waals surface area contributed by atoms with Crippen LogP contribution >= 0.6 is 11.6 Å². The second-order valence-electron chi connectivity index (χ2n) is 5.60. The molecule has 1 heterocycles. The van der Waals surface area contributed by atoms with E-state index in [1.807, 2.05) is 0 Å². The lowest BCUT2D eigenvalue weighted by Crippen LogP contribution is -2.10. The van der Waals surface area contributed by atoms with Crippen molar-refractivity contribution in [3.8, 4) is 0 Å². The maximum Gasteiger partial charge on any atom is 0.222 e. The van der Waals surface area contributed by atoms with Crippen molar-refractivity contribution in [1.29, 1.82) is 0 Å². The monoisotopic (exact) mass is 239 g/mol. The number of nitrogens with zero attached hydrogens (tertiary/aromatic N) is 2. The molecular formula is C12H18ClN3. The van der Waals surface area contributed by atoms with E-state index in [4.69, 9.17) is 11.6 Å². The minimum absolute atomic E-state index is 0.395. The fourth-order valence-corrected chi connectivity index (χ4v) is 2.54. The Bertz CT molecular complexity index is 370. The van der Waals surface area contributed by atoms with Crippen LogP contribution < -0.4 is 5.32 Å². The number of rotatable bonds is 3. The third-order valence-corrected chi connectivity index (χ3v) is 4.60. The van der Waals surface area contributed by atoms with Crippen LogP contribution in [-0.2, 0) is 0 Å². The first kappa shape index (κ1) is 11.6. The number of nitrogens with one attached hydrogen (secondary N) is 1. The number of hydrogen-bond acceptors (Lipinski definition) is 3. The summed E-state index contributed by atoms with van der Waals surface area (Å²) in [6.07, 6.45) is 3.22. The van der Waals surface area contributed by atoms with Gasteiger partial charge in [0, 0.05) is 6.54 Å². The third kappa shape index (κ3) is 1.77. The van der Waals surface area contributed by atoms with Crippen LogP contribution in [0.15, 0.2) is 12.4 Å². The Hall–Kier alpha value is -0.830. The van der Waals surface area contributed by atoms with Crippen LogP contribution in [0.3, 0.4) is 0 Å². The summed E-state index contributed by atoms with van der Waals surface area (Å²) in [6, 6.07) is 0. The van der Waals surface area contributed by atoms with Crippen molar-refractivity contribution in [3.63, 3.8) is 0 Å². The Balaban J connectivity index is 1.93. The molecule has 1 aliphatic carbocycles. The predicted molar refractivity (Wildman–Crippen MR) is 66.6 cm³/mol. The molecule has 1 N–H and O–H groups in total. The molecule has 0 aromatic carbocycles. The van der Waals surface area contributed by atoms with E-state index < -0.39 is 0 Å². The molecule has 1 aliphatic rings. The molecule has 16 heavy (non-hydrogen) atoms. The van der Waals surface area contributed by atoms with Gasteiger partial charge in [-0.15, -0.1) is 0 Å². The van der Waals surface area contributed by atoms with Crippen LogP contribution in [0.4, 0.5) is 5.95 Å². The number of halogens is 1. The first-order chi connectivity index (χ1) is 7.35. The smallest absolute Gasteiger partial charge is 0.222 e. The highest BCUT2D eigenvalue weighted by Crippen LogP contribution is 2.68. The summed E-state index contributed by atoms with van der Waals surface area (Å²) in [7, 11) is 0. The molecule has 0 amide bonds. The lowest BCUT2D eigenvalue weighted by molar-refractivity contribution is 0.457. The van der Waals surface area contributed by atoms with Gasteiger partial charge in [-0.05, 0) is 16.7 Å². The molecule has 2 rings (SSSR count). The number of hydrogen-bond donors (Lipinski definition) is 1. The second-order valence-corrected chi connectivity index (χ2v) is 6.04. The maximum atomic E-state index is 5.72. The predicted octanol–water partition coefficient (Wildman–Crippen LogP) is 3.22. The molecule has 1 aromatic heterocycles. The van der Waals surface area contributed by atoms with Gasteiger partial charge in [0.2, 0.25) is 5.95 Å². The van der Waals surface area contributed by atoms with E-state index in [-0.39, 0.29) is 0 Å². The number of anilines is 1. The summed E-state index contributed by atoms with van der Waals surface area (Å²) in [5.41, 5.74) is 0.791. The molecule has 0 aliphatic heterocycles. The van der Waals surface area contributed by atoms with Gasteiger partial charge < -0.3 is 5.32 Å². The van der Waals surface area contributed by atoms with Crippen molar-refractivity contribution in [3.05, 3.63) is 17.4 Å². The van der Waals surface area contributed by atoms with Crippen LogP contribution in [-0.4, -0.2) is 16.5 Å². The average molecular weight is 240 g/mol. The molecule has 0 atom stereocenters. The van der Waals surface area contributed by atoms with E-state index in [1.165, 1.54) is 0 Å². The van der Waals surface area contributed by atoms with Gasteiger partial charge in [0.1, 0.15) is 0 Å². The standard InChI is InChI=1S/C12H18ClN3/c1-11(2)9(12(11,3)4)7-16-10-14-5-8(13)6-15-10/h5-6,9H,7H2,1-4H3,(H,14,15,16). The van der Waals surface area contributed by atoms with Gasteiger partial charge >= 0.3 is 0 Å². The molecule has 1 aromatic rings. The van der Waals surface area contributed by atoms with Crippen LogP contribution in [0, 0.1) is 16.7 Å². The highest BCUT2D eigenvalue weighted by molar-refractivity contribution is 6.30. The molecule has 0 saturated heterocycles. The quantitative estimate of drug-likeness (QED) is 0.880. The van der Waals surface area contributed by atoms with Gasteiger partial charge in [-0.3, -0.25) is 0 Å². The van der Waals surface area contributed by atoms with Gasteiger partial charge in [0.15, 0.2) is 0 Å². The van der Waals surface area contributed by atoms with Gasteiger partial charge in [-0.25, -0.2) is 9.97 Å². The first-order valence-corrected chi connectivity index (χ1v) is 5.95. The highest BCUT2D eigenvalue weighted by atomic mass is 35.5. The van der Waals surface area contributed by atoms with Crippen molar-refractivity contribution in [2.24, 2.45) is 16.7 Å². The summed E-state index contributed by atoms with van der Waals surface area (Å²) in [4.78, 5) is 8.24. The molecule has 0 bridgehead atoms. The van der Waals surface area contributed by atoms with E-state index in [9.17, 15) is 0 Å². The van der Waals surface area contributed by atoms with E-state index in [2.05, 4.69) is 43.0 Å². The highest BCUT2D eigenvalue weighted by Gasteiger charge is 2.64. The van der Waals surface area contributed by atoms with Crippen molar-refractivity contribution in [1.82, 2.24) is 9.97 Å². The molecule has 3 nitrogen and oxygen atoms in total. The zero-order chi connectivity index (χ0) is 12.0. The van der Waals surface area contributed by atoms with E-state index in [0.29, 0.717) is 27.7 Å². The Morgan fingerprint density at radius 1 is 1.19 bits per heavy atom. The fraction of sp³-hybridized carbons (Fsp3) is 0.667. The minimum Gasteiger partial charge on any atom is -0.354 e. The van der Waals surface area contributed by atoms with E-state index in [0.717, 1.165) is 6.54 Å². The summed E-state index contributed by atoms with van der Waals surface area (Å²) in [6.45, 7) is 10.1. The lowest BCUT2D eigenvalue weighted by atomic mass is 10.0. The molecule has 0 radical (unpaired) electrons. The van der Waals surface area contributed by atoms with Gasteiger partial charge in [-0.1, -0.05) is 39.3 Å². The maximum absolute atomic E-state index is 5.72. The lowest BCUT2D eigenvalue weighted by Gasteiger charge is -2.05. The van der Waals surface area contributed by atoms with Gasteiger partial charge in [0.25, 0.3) is 0 Å². The molecular weight excluding hydrogens is 222 g/mol. The Morgan fingerprint density at radius 2 is 1.69 bits per heavy atom. The zero-order valence-corrected chi connectivity index (χ0v) is 11.0. The molecule has 0 unspecified atom stereocenters. The van der Waals surface area contributed by atoms with Crippen molar-refractivity contribution in [2.45, 2.75) is 27.7 Å². The van der Waals surface area contributed by atoms with Gasteiger partial charge in [0.05, 0.1) is 17.4 Å². The topological polar surface area (TPSA) is 37.8 Å². The largest absolute Gasteiger partial charge is 0.354 e. The Morgan fingerprint density at radius 3 is 2.12 bits per heavy atom. The third-order valence-electron chi connectivity index (χ3n) is 4.40. The van der Waals surface area contributed by atoms with Crippen LogP contribution in [0.2, 0.25) is 5.02 Å². The summed E-state index contributed by atoms with van der Waals surface area (Å²) >= 11 is 5.72. The molecule has 88 valence electrons. The number of aromatic nitrogens is 2. The van der Waals surface area contributed by atoms with E-state index in [1.54, 1.807) is 12.4 Å². The normalized spacial score (nSPS) is 21.8. The average Bonchev–Trinajstić information content (AvgIpc) is 2.58. The summed E-state index contributed by atoms with van der Waals surface area (Å²) in [5, 5.41) is 3.83. The second kappa shape index (κ2) is 3.59. The minimum atomic E-state index is 0.395. The summed E-state index contributed by atoms with van der Waals surface area (Å²) < 4.78 is 0. The van der Waals surface area contributed by atoms with Crippen molar-refractivity contribution >= 4 is 17.5 Å². The van der Waals surface area contributed by atoms with Crippen LogP contribution in [0.5, 0.6) is 0 Å². The van der Waals surface area contributed by atoms with Crippen LogP contribution in [0.1, 0.15) is 27.7 Å². The summed E-state index contributed by atoms with van der Waals surface area (Å²) in [5.74, 6) is 1.32. The van der Waals surface area contributed by atoms with E-state index >= 15 is 0 Å². The Labute approximate surface area is 102 Å². The first-order valence-electron chi connectivity index (χ1n) is 5.57. The SMILES string of the molecule is CC1(C)C(CNc2ncc(Cl)cn2)C1(C)C. The molecule has 4 heteroatoms.